The summed E-state index contributed by atoms with van der Waals surface area (Å²) in [6.45, 7) is 2.01. The second kappa shape index (κ2) is 8.03. The number of rotatable bonds is 4. The molecule has 1 aromatic carbocycles. The van der Waals surface area contributed by atoms with Gasteiger partial charge in [-0.3, -0.25) is 24.0 Å². The van der Waals surface area contributed by atoms with Crippen LogP contribution in [0.25, 0.3) is 11.3 Å². The Hall–Kier alpha value is -3.24. The first kappa shape index (κ1) is 22.0. The third-order valence-corrected chi connectivity index (χ3v) is 6.29. The van der Waals surface area contributed by atoms with E-state index in [1.807, 2.05) is 13.0 Å². The van der Waals surface area contributed by atoms with Crippen molar-refractivity contribution in [3.8, 4) is 11.3 Å². The van der Waals surface area contributed by atoms with Crippen molar-refractivity contribution in [2.45, 2.75) is 6.92 Å². The SMILES string of the molecule is Cc1c(-c2ccc(Cl)c(Cl)c2)nc(NC(=O)CN2CNc3c2c(=O)n(C)c(=O)n3C)n1C. The van der Waals surface area contributed by atoms with Crippen molar-refractivity contribution in [2.24, 2.45) is 21.1 Å². The number of benzene rings is 1. The fourth-order valence-electron chi connectivity index (χ4n) is 3.64. The number of aromatic nitrogens is 4. The quantitative estimate of drug-likeness (QED) is 0.594. The van der Waals surface area contributed by atoms with Crippen molar-refractivity contribution in [1.29, 1.82) is 0 Å². The van der Waals surface area contributed by atoms with Crippen LogP contribution in [-0.2, 0) is 25.9 Å². The highest BCUT2D eigenvalue weighted by molar-refractivity contribution is 6.42. The third kappa shape index (κ3) is 3.55. The summed E-state index contributed by atoms with van der Waals surface area (Å²) in [5.74, 6) is 0.388. The second-order valence-corrected chi connectivity index (χ2v) is 8.36. The average molecular weight is 478 g/mol. The maximum atomic E-state index is 12.8. The van der Waals surface area contributed by atoms with Crippen LogP contribution in [0.4, 0.5) is 17.5 Å². The van der Waals surface area contributed by atoms with Crippen LogP contribution in [0, 0.1) is 6.92 Å². The standard InChI is InChI=1S/C20H21Cl2N7O3/c1-10-15(11-5-6-12(21)13(22)7-11)25-19(26(10)2)24-14(30)8-29-9-23-17-16(29)18(31)28(4)20(32)27(17)3/h5-7,23H,8-9H2,1-4H3,(H,24,25,30). The van der Waals surface area contributed by atoms with Gasteiger partial charge >= 0.3 is 5.69 Å². The van der Waals surface area contributed by atoms with E-state index >= 15 is 0 Å². The summed E-state index contributed by atoms with van der Waals surface area (Å²) in [7, 11) is 4.76. The molecule has 2 aromatic heterocycles. The number of imidazole rings is 1. The summed E-state index contributed by atoms with van der Waals surface area (Å²) in [5.41, 5.74) is 1.64. The molecule has 1 aliphatic rings. The minimum atomic E-state index is -0.462. The number of nitrogens with zero attached hydrogens (tertiary/aromatic N) is 5. The first-order chi connectivity index (χ1) is 15.1. The molecule has 1 aliphatic heterocycles. The molecule has 3 aromatic rings. The maximum Gasteiger partial charge on any atom is 0.332 e. The molecule has 10 nitrogen and oxygen atoms in total. The van der Waals surface area contributed by atoms with Gasteiger partial charge in [-0.15, -0.1) is 0 Å². The molecule has 0 radical (unpaired) electrons. The monoisotopic (exact) mass is 477 g/mol. The normalized spacial score (nSPS) is 12.6. The van der Waals surface area contributed by atoms with Crippen molar-refractivity contribution in [3.63, 3.8) is 0 Å². The smallest absolute Gasteiger partial charge is 0.332 e. The topological polar surface area (TPSA) is 106 Å². The van der Waals surface area contributed by atoms with Gasteiger partial charge in [0.1, 0.15) is 11.5 Å². The molecular formula is C20H21Cl2N7O3. The summed E-state index contributed by atoms with van der Waals surface area (Å²) in [5, 5.41) is 6.65. The lowest BCUT2D eigenvalue weighted by atomic mass is 10.1. The molecule has 32 heavy (non-hydrogen) atoms. The van der Waals surface area contributed by atoms with Crippen LogP contribution in [0.3, 0.4) is 0 Å². The summed E-state index contributed by atoms with van der Waals surface area (Å²) in [4.78, 5) is 43.6. The molecule has 0 bridgehead atoms. The number of hydrogen-bond donors (Lipinski definition) is 2. The molecule has 168 valence electrons. The van der Waals surface area contributed by atoms with E-state index in [2.05, 4.69) is 15.6 Å². The lowest BCUT2D eigenvalue weighted by Gasteiger charge is -2.17. The molecule has 0 atom stereocenters. The number of halogens is 2. The molecule has 3 heterocycles. The van der Waals surface area contributed by atoms with Gasteiger partial charge < -0.3 is 14.8 Å². The van der Waals surface area contributed by atoms with Crippen LogP contribution in [0.15, 0.2) is 27.8 Å². The van der Waals surface area contributed by atoms with E-state index in [0.717, 1.165) is 15.8 Å². The van der Waals surface area contributed by atoms with Gasteiger partial charge in [-0.1, -0.05) is 29.3 Å². The number of carbonyl (C=O) groups is 1. The number of nitrogens with one attached hydrogen (secondary N) is 2. The number of carbonyl (C=O) groups excluding carboxylic acids is 1. The van der Waals surface area contributed by atoms with Crippen molar-refractivity contribution >= 4 is 46.6 Å². The molecule has 0 unspecified atom stereocenters. The summed E-state index contributed by atoms with van der Waals surface area (Å²) < 4.78 is 4.12. The van der Waals surface area contributed by atoms with E-state index in [0.29, 0.717) is 27.5 Å². The van der Waals surface area contributed by atoms with Crippen LogP contribution in [0.5, 0.6) is 0 Å². The van der Waals surface area contributed by atoms with Gasteiger partial charge in [0.25, 0.3) is 5.56 Å². The van der Waals surface area contributed by atoms with Crippen molar-refractivity contribution in [2.75, 3.05) is 28.7 Å². The predicted molar refractivity (Wildman–Crippen MR) is 125 cm³/mol. The van der Waals surface area contributed by atoms with E-state index in [1.165, 1.54) is 11.6 Å². The van der Waals surface area contributed by atoms with E-state index < -0.39 is 11.2 Å². The Morgan fingerprint density at radius 1 is 1.12 bits per heavy atom. The average Bonchev–Trinajstić information content (AvgIpc) is 3.29. The summed E-state index contributed by atoms with van der Waals surface area (Å²) in [6, 6.07) is 5.22. The Balaban J connectivity index is 1.58. The minimum Gasteiger partial charge on any atom is -0.352 e. The molecule has 12 heteroatoms. The first-order valence-corrected chi connectivity index (χ1v) is 10.4. The van der Waals surface area contributed by atoms with Gasteiger partial charge in [-0.05, 0) is 19.1 Å². The fraction of sp³-hybridized carbons (Fsp3) is 0.300. The van der Waals surface area contributed by atoms with Gasteiger partial charge in [0.15, 0.2) is 0 Å². The maximum absolute atomic E-state index is 12.8. The van der Waals surface area contributed by atoms with E-state index in [9.17, 15) is 14.4 Å². The molecular weight excluding hydrogens is 457 g/mol. The largest absolute Gasteiger partial charge is 0.352 e. The highest BCUT2D eigenvalue weighted by Gasteiger charge is 2.28. The van der Waals surface area contributed by atoms with Gasteiger partial charge in [0.2, 0.25) is 11.9 Å². The molecule has 0 fully saturated rings. The molecule has 0 saturated carbocycles. The van der Waals surface area contributed by atoms with Gasteiger partial charge in [-0.2, -0.15) is 0 Å². The molecule has 0 spiro atoms. The molecule has 0 aliphatic carbocycles. The minimum absolute atomic E-state index is 0.0958. The number of anilines is 3. The molecule has 4 rings (SSSR count). The van der Waals surface area contributed by atoms with Crippen molar-refractivity contribution in [1.82, 2.24) is 18.7 Å². The Bertz CT molecular complexity index is 1370. The van der Waals surface area contributed by atoms with Gasteiger partial charge in [0.05, 0.1) is 29.0 Å². The summed E-state index contributed by atoms with van der Waals surface area (Å²) in [6.07, 6.45) is 0. The van der Waals surface area contributed by atoms with Crippen LogP contribution >= 0.6 is 23.2 Å². The Morgan fingerprint density at radius 2 is 1.84 bits per heavy atom. The Kier molecular flexibility index (Phi) is 5.51. The van der Waals surface area contributed by atoms with E-state index in [4.69, 9.17) is 23.2 Å². The van der Waals surface area contributed by atoms with E-state index in [1.54, 1.807) is 35.7 Å². The van der Waals surface area contributed by atoms with Crippen LogP contribution in [-0.4, -0.2) is 37.8 Å². The first-order valence-electron chi connectivity index (χ1n) is 9.67. The Labute approximate surface area is 193 Å². The fourth-order valence-corrected chi connectivity index (χ4v) is 3.94. The number of amides is 1. The van der Waals surface area contributed by atoms with Crippen LogP contribution in [0.1, 0.15) is 5.69 Å². The zero-order chi connectivity index (χ0) is 23.3. The molecule has 1 amide bonds. The van der Waals surface area contributed by atoms with Crippen molar-refractivity contribution in [3.05, 3.63) is 54.8 Å². The van der Waals surface area contributed by atoms with Gasteiger partial charge in [-0.25, -0.2) is 9.78 Å². The van der Waals surface area contributed by atoms with Gasteiger partial charge in [0, 0.05) is 32.4 Å². The molecule has 0 saturated heterocycles. The van der Waals surface area contributed by atoms with Crippen molar-refractivity contribution < 1.29 is 4.79 Å². The predicted octanol–water partition coefficient (Wildman–Crippen LogP) is 1.93. The lowest BCUT2D eigenvalue weighted by Crippen LogP contribution is -2.41. The van der Waals surface area contributed by atoms with Crippen LogP contribution in [0.2, 0.25) is 10.0 Å². The lowest BCUT2D eigenvalue weighted by molar-refractivity contribution is -0.115. The second-order valence-electron chi connectivity index (χ2n) is 7.54. The third-order valence-electron chi connectivity index (χ3n) is 5.55. The summed E-state index contributed by atoms with van der Waals surface area (Å²) >= 11 is 12.1. The number of hydrogen-bond acceptors (Lipinski definition) is 6. The molecule has 2 N–H and O–H groups in total. The highest BCUT2D eigenvalue weighted by atomic mass is 35.5. The van der Waals surface area contributed by atoms with E-state index in [-0.39, 0.29) is 24.8 Å². The van der Waals surface area contributed by atoms with Crippen LogP contribution < -0.4 is 26.8 Å². The Morgan fingerprint density at radius 3 is 2.53 bits per heavy atom. The number of fused-ring (bicyclic) bond motifs is 1. The highest BCUT2D eigenvalue weighted by Crippen LogP contribution is 2.31. The zero-order valence-corrected chi connectivity index (χ0v) is 19.4. The zero-order valence-electron chi connectivity index (χ0n) is 17.9.